The van der Waals surface area contributed by atoms with Crippen molar-refractivity contribution in [3.05, 3.63) is 23.6 Å². The quantitative estimate of drug-likeness (QED) is 0.782. The van der Waals surface area contributed by atoms with Crippen LogP contribution in [0.1, 0.15) is 26.2 Å². The molecule has 0 spiro atoms. The molecule has 0 radical (unpaired) electrons. The molecule has 2 heterocycles. The van der Waals surface area contributed by atoms with Gasteiger partial charge in [0.05, 0.1) is 12.4 Å². The minimum atomic E-state index is 0.739. The molecule has 2 atom stereocenters. The zero-order valence-electron chi connectivity index (χ0n) is 9.91. The van der Waals surface area contributed by atoms with E-state index in [1.807, 2.05) is 6.92 Å². The van der Waals surface area contributed by atoms with Crippen molar-refractivity contribution in [3.63, 3.8) is 0 Å². The van der Waals surface area contributed by atoms with Gasteiger partial charge in [0.15, 0.2) is 0 Å². The highest BCUT2D eigenvalue weighted by atomic mass is 16.5. The standard InChI is InChI=1S/C13H20N2O/c1-2-16-13-5-3-11(4-6-13)15-9-10-7-12(15)8-14-10/h3,5,10,12,14H,2,4,6-9H2,1H3/t10?,12-/m0/s1. The first kappa shape index (κ1) is 10.2. The molecular formula is C13H20N2O. The van der Waals surface area contributed by atoms with Crippen LogP contribution in [0, 0.1) is 0 Å². The Bertz CT molecular complexity index is 335. The highest BCUT2D eigenvalue weighted by molar-refractivity contribution is 5.23. The van der Waals surface area contributed by atoms with Gasteiger partial charge in [0.25, 0.3) is 0 Å². The fraction of sp³-hybridized carbons (Fsp3) is 0.692. The lowest BCUT2D eigenvalue weighted by Crippen LogP contribution is -2.43. The molecule has 0 saturated carbocycles. The van der Waals surface area contributed by atoms with Crippen molar-refractivity contribution in [2.45, 2.75) is 38.3 Å². The summed E-state index contributed by atoms with van der Waals surface area (Å²) in [6, 6.07) is 1.49. The van der Waals surface area contributed by atoms with Gasteiger partial charge in [-0.2, -0.15) is 0 Å². The first-order valence-electron chi connectivity index (χ1n) is 6.39. The topological polar surface area (TPSA) is 24.5 Å². The Labute approximate surface area is 97.1 Å². The van der Waals surface area contributed by atoms with Crippen LogP contribution in [-0.4, -0.2) is 36.7 Å². The van der Waals surface area contributed by atoms with Crippen LogP contribution < -0.4 is 5.32 Å². The van der Waals surface area contributed by atoms with E-state index in [4.69, 9.17) is 4.74 Å². The molecule has 2 fully saturated rings. The van der Waals surface area contributed by atoms with E-state index in [-0.39, 0.29) is 0 Å². The first-order chi connectivity index (χ1) is 7.86. The third-order valence-electron chi connectivity index (χ3n) is 3.84. The minimum Gasteiger partial charge on any atom is -0.498 e. The van der Waals surface area contributed by atoms with Crippen molar-refractivity contribution in [1.82, 2.24) is 10.2 Å². The maximum Gasteiger partial charge on any atom is 0.0964 e. The van der Waals surface area contributed by atoms with E-state index in [9.17, 15) is 0 Å². The van der Waals surface area contributed by atoms with Crippen molar-refractivity contribution in [3.8, 4) is 0 Å². The smallest absolute Gasteiger partial charge is 0.0964 e. The third-order valence-corrected chi connectivity index (χ3v) is 3.84. The number of piperazine rings is 1. The lowest BCUT2D eigenvalue weighted by Gasteiger charge is -2.33. The van der Waals surface area contributed by atoms with Gasteiger partial charge in [0.1, 0.15) is 0 Å². The van der Waals surface area contributed by atoms with Gasteiger partial charge in [-0.15, -0.1) is 0 Å². The number of rotatable bonds is 3. The molecule has 16 heavy (non-hydrogen) atoms. The summed E-state index contributed by atoms with van der Waals surface area (Å²) in [5.41, 5.74) is 1.51. The predicted molar refractivity (Wildman–Crippen MR) is 63.9 cm³/mol. The van der Waals surface area contributed by atoms with Gasteiger partial charge < -0.3 is 15.0 Å². The predicted octanol–water partition coefficient (Wildman–Crippen LogP) is 1.63. The van der Waals surface area contributed by atoms with E-state index in [1.54, 1.807) is 0 Å². The zero-order chi connectivity index (χ0) is 11.0. The van der Waals surface area contributed by atoms with Gasteiger partial charge in [-0.25, -0.2) is 0 Å². The maximum absolute atomic E-state index is 5.54. The van der Waals surface area contributed by atoms with E-state index in [0.717, 1.165) is 37.3 Å². The fourth-order valence-corrected chi connectivity index (χ4v) is 3.06. The van der Waals surface area contributed by atoms with Gasteiger partial charge in [0.2, 0.25) is 0 Å². The summed E-state index contributed by atoms with van der Waals surface area (Å²) in [6.45, 7) is 5.21. The summed E-state index contributed by atoms with van der Waals surface area (Å²) in [4.78, 5) is 2.60. The van der Waals surface area contributed by atoms with Gasteiger partial charge >= 0.3 is 0 Å². The number of ether oxygens (including phenoxy) is 1. The molecule has 3 heteroatoms. The molecule has 0 amide bonds. The monoisotopic (exact) mass is 220 g/mol. The van der Waals surface area contributed by atoms with Crippen LogP contribution in [0.15, 0.2) is 23.6 Å². The number of likely N-dealkylation sites (tertiary alicyclic amines) is 1. The van der Waals surface area contributed by atoms with Gasteiger partial charge in [0, 0.05) is 37.3 Å². The van der Waals surface area contributed by atoms with Crippen LogP contribution in [0.5, 0.6) is 0 Å². The van der Waals surface area contributed by atoms with Crippen molar-refractivity contribution in [2.24, 2.45) is 0 Å². The largest absolute Gasteiger partial charge is 0.498 e. The Morgan fingerprint density at radius 1 is 1.44 bits per heavy atom. The molecule has 3 aliphatic rings. The molecule has 2 aliphatic heterocycles. The first-order valence-corrected chi connectivity index (χ1v) is 6.39. The Kier molecular flexibility index (Phi) is 2.64. The van der Waals surface area contributed by atoms with Crippen LogP contribution in [0.2, 0.25) is 0 Å². The second-order valence-corrected chi connectivity index (χ2v) is 4.87. The molecule has 2 bridgehead atoms. The molecule has 1 unspecified atom stereocenters. The van der Waals surface area contributed by atoms with E-state index in [2.05, 4.69) is 22.4 Å². The number of nitrogens with one attached hydrogen (secondary N) is 1. The van der Waals surface area contributed by atoms with E-state index < -0.39 is 0 Å². The number of allylic oxidation sites excluding steroid dienone is 4. The van der Waals surface area contributed by atoms with Crippen LogP contribution in [0.25, 0.3) is 0 Å². The van der Waals surface area contributed by atoms with Crippen molar-refractivity contribution in [1.29, 1.82) is 0 Å². The Morgan fingerprint density at radius 3 is 2.94 bits per heavy atom. The minimum absolute atomic E-state index is 0.739. The summed E-state index contributed by atoms with van der Waals surface area (Å²) < 4.78 is 5.54. The van der Waals surface area contributed by atoms with E-state index in [0.29, 0.717) is 0 Å². The Hall–Kier alpha value is -0.960. The second kappa shape index (κ2) is 4.13. The van der Waals surface area contributed by atoms with Crippen LogP contribution in [-0.2, 0) is 4.74 Å². The normalized spacial score (nSPS) is 32.7. The molecule has 3 rings (SSSR count). The molecular weight excluding hydrogens is 200 g/mol. The van der Waals surface area contributed by atoms with Crippen molar-refractivity contribution < 1.29 is 4.74 Å². The maximum atomic E-state index is 5.54. The van der Waals surface area contributed by atoms with Crippen molar-refractivity contribution >= 4 is 0 Å². The Balaban J connectivity index is 1.68. The summed E-state index contributed by atoms with van der Waals surface area (Å²) in [5.74, 6) is 1.15. The molecule has 1 aliphatic carbocycles. The van der Waals surface area contributed by atoms with Gasteiger partial charge in [-0.1, -0.05) is 0 Å². The lowest BCUT2D eigenvalue weighted by atomic mass is 10.1. The van der Waals surface area contributed by atoms with Gasteiger partial charge in [-0.05, 0) is 31.9 Å². The Morgan fingerprint density at radius 2 is 2.38 bits per heavy atom. The summed E-state index contributed by atoms with van der Waals surface area (Å²) in [7, 11) is 0. The highest BCUT2D eigenvalue weighted by Gasteiger charge is 2.38. The molecule has 0 aromatic heterocycles. The summed E-state index contributed by atoms with van der Waals surface area (Å²) >= 11 is 0. The average molecular weight is 220 g/mol. The van der Waals surface area contributed by atoms with E-state index in [1.165, 1.54) is 25.2 Å². The number of fused-ring (bicyclic) bond motifs is 2. The van der Waals surface area contributed by atoms with E-state index >= 15 is 0 Å². The number of hydrogen-bond donors (Lipinski definition) is 1. The molecule has 1 N–H and O–H groups in total. The number of nitrogens with zero attached hydrogens (tertiary/aromatic N) is 1. The molecule has 0 aromatic rings. The molecule has 0 aromatic carbocycles. The molecule has 3 nitrogen and oxygen atoms in total. The van der Waals surface area contributed by atoms with Crippen molar-refractivity contribution in [2.75, 3.05) is 19.7 Å². The third kappa shape index (κ3) is 1.73. The zero-order valence-corrected chi connectivity index (χ0v) is 9.91. The SMILES string of the molecule is CCOC1=CC=C(N2CC3C[C@H]2CN3)CC1. The molecule has 88 valence electrons. The summed E-state index contributed by atoms with van der Waals surface area (Å²) in [5, 5.41) is 3.55. The lowest BCUT2D eigenvalue weighted by molar-refractivity contribution is 0.210. The van der Waals surface area contributed by atoms with Gasteiger partial charge in [-0.3, -0.25) is 0 Å². The average Bonchev–Trinajstić information content (AvgIpc) is 2.92. The van der Waals surface area contributed by atoms with Crippen LogP contribution in [0.3, 0.4) is 0 Å². The molecule has 2 saturated heterocycles. The fourth-order valence-electron chi connectivity index (χ4n) is 3.06. The number of hydrogen-bond acceptors (Lipinski definition) is 3. The highest BCUT2D eigenvalue weighted by Crippen LogP contribution is 2.31. The second-order valence-electron chi connectivity index (χ2n) is 4.87. The van der Waals surface area contributed by atoms with Crippen LogP contribution >= 0.6 is 0 Å². The summed E-state index contributed by atoms with van der Waals surface area (Å²) in [6.07, 6.45) is 7.96. The van der Waals surface area contributed by atoms with Crippen LogP contribution in [0.4, 0.5) is 0 Å².